The highest BCUT2D eigenvalue weighted by Gasteiger charge is 2.17. The van der Waals surface area contributed by atoms with Gasteiger partial charge in [0, 0.05) is 20.5 Å². The summed E-state index contributed by atoms with van der Waals surface area (Å²) in [6, 6.07) is 0. The van der Waals surface area contributed by atoms with Crippen LogP contribution < -0.4 is 11.2 Å². The van der Waals surface area contributed by atoms with Crippen molar-refractivity contribution in [1.29, 1.82) is 0 Å². The highest BCUT2D eigenvalue weighted by Crippen LogP contribution is 2.12. The summed E-state index contributed by atoms with van der Waals surface area (Å²) in [5.74, 6) is -0.152. The van der Waals surface area contributed by atoms with Gasteiger partial charge in [-0.1, -0.05) is 70.4 Å². The molecule has 0 aromatic carbocycles. The molecule has 2 aromatic rings. The van der Waals surface area contributed by atoms with Gasteiger partial charge < -0.3 is 0 Å². The van der Waals surface area contributed by atoms with E-state index in [0.29, 0.717) is 6.42 Å². The van der Waals surface area contributed by atoms with Crippen LogP contribution in [0.2, 0.25) is 0 Å². The fourth-order valence-corrected chi connectivity index (χ4v) is 4.00. The van der Waals surface area contributed by atoms with E-state index in [-0.39, 0.29) is 17.1 Å². The van der Waals surface area contributed by atoms with Gasteiger partial charge in [-0.2, -0.15) is 0 Å². The van der Waals surface area contributed by atoms with Crippen molar-refractivity contribution in [2.24, 2.45) is 14.1 Å². The lowest BCUT2D eigenvalue weighted by atomic mass is 10.1. The van der Waals surface area contributed by atoms with E-state index in [1.807, 2.05) is 0 Å². The van der Waals surface area contributed by atoms with Crippen molar-refractivity contribution in [3.8, 4) is 0 Å². The predicted molar refractivity (Wildman–Crippen MR) is 130 cm³/mol. The minimum Gasteiger partial charge on any atom is -0.279 e. The molecule has 7 nitrogen and oxygen atoms in total. The Hall–Kier alpha value is -2.44. The number of hydrogen-bond acceptors (Lipinski definition) is 4. The average Bonchev–Trinajstić information content (AvgIpc) is 3.24. The predicted octanol–water partition coefficient (Wildman–Crippen LogP) is 5.11. The highest BCUT2D eigenvalue weighted by molar-refractivity contribution is 5.88. The van der Waals surface area contributed by atoms with Crippen LogP contribution in [-0.2, 0) is 14.1 Å². The van der Waals surface area contributed by atoms with Gasteiger partial charge >= 0.3 is 5.69 Å². The third-order valence-electron chi connectivity index (χ3n) is 6.07. The van der Waals surface area contributed by atoms with E-state index in [0.717, 1.165) is 30.3 Å². The van der Waals surface area contributed by atoms with Gasteiger partial charge in [-0.3, -0.25) is 23.3 Å². The molecule has 0 N–H and O–H groups in total. The first-order chi connectivity index (χ1) is 15.5. The number of aryl methyl sites for hydroxylation is 1. The first-order valence-corrected chi connectivity index (χ1v) is 12.3. The lowest BCUT2D eigenvalue weighted by Gasteiger charge is -2.06. The Morgan fingerprint density at radius 3 is 2.03 bits per heavy atom. The second kappa shape index (κ2) is 13.9. The molecule has 0 fully saturated rings. The van der Waals surface area contributed by atoms with Crippen molar-refractivity contribution in [3.05, 3.63) is 39.3 Å². The Bertz CT molecular complexity index is 997. The van der Waals surface area contributed by atoms with E-state index in [1.54, 1.807) is 7.05 Å². The van der Waals surface area contributed by atoms with Crippen LogP contribution in [0.25, 0.3) is 11.2 Å². The minimum atomic E-state index is -0.488. The summed E-state index contributed by atoms with van der Waals surface area (Å²) in [5.41, 5.74) is -0.515. The Balaban J connectivity index is 1.61. The fourth-order valence-electron chi connectivity index (χ4n) is 4.00. The fraction of sp³-hybridized carbons (Fsp3) is 0.680. The number of allylic oxidation sites excluding steroid dienone is 2. The summed E-state index contributed by atoms with van der Waals surface area (Å²) in [5, 5.41) is 0. The zero-order valence-corrected chi connectivity index (χ0v) is 20.1. The van der Waals surface area contributed by atoms with Crippen LogP contribution in [0.4, 0.5) is 0 Å². The number of nitrogens with zero attached hydrogens (tertiary/aromatic N) is 4. The molecule has 0 aliphatic heterocycles. The zero-order chi connectivity index (χ0) is 23.3. The Kier molecular flexibility index (Phi) is 11.2. The number of aromatic nitrogens is 4. The van der Waals surface area contributed by atoms with Crippen LogP contribution in [-0.4, -0.2) is 24.6 Å². The Morgan fingerprint density at radius 1 is 0.844 bits per heavy atom. The summed E-state index contributed by atoms with van der Waals surface area (Å²) in [6.45, 7) is 2.25. The van der Waals surface area contributed by atoms with E-state index in [9.17, 15) is 14.4 Å². The van der Waals surface area contributed by atoms with Crippen LogP contribution in [0.1, 0.15) is 102 Å². The summed E-state index contributed by atoms with van der Waals surface area (Å²) in [7, 11) is 2.96. The maximum absolute atomic E-state index is 12.6. The second-order valence-corrected chi connectivity index (χ2v) is 8.72. The van der Waals surface area contributed by atoms with E-state index < -0.39 is 11.2 Å². The molecule has 0 atom stereocenters. The molecule has 0 bridgehead atoms. The number of rotatable bonds is 15. The Labute approximate surface area is 191 Å². The number of unbranched alkanes of at least 4 members (excludes halogenated alkanes) is 11. The average molecular weight is 445 g/mol. The highest BCUT2D eigenvalue weighted by atomic mass is 16.2. The molecule has 0 unspecified atom stereocenters. The smallest absolute Gasteiger partial charge is 0.279 e. The third-order valence-corrected chi connectivity index (χ3v) is 6.07. The molecule has 2 rings (SSSR count). The van der Waals surface area contributed by atoms with Gasteiger partial charge in [-0.15, -0.1) is 0 Å². The van der Waals surface area contributed by atoms with Crippen molar-refractivity contribution < 1.29 is 4.79 Å². The maximum Gasteiger partial charge on any atom is 0.332 e. The van der Waals surface area contributed by atoms with Crippen LogP contribution in [0.3, 0.4) is 0 Å². The van der Waals surface area contributed by atoms with Gasteiger partial charge in [0.25, 0.3) is 5.56 Å². The van der Waals surface area contributed by atoms with Crippen molar-refractivity contribution in [1.82, 2.24) is 18.7 Å². The molecule has 0 aliphatic carbocycles. The molecule has 0 aliphatic rings. The molecular weight excluding hydrogens is 404 g/mol. The molecule has 178 valence electrons. The van der Waals surface area contributed by atoms with Crippen LogP contribution in [0, 0.1) is 0 Å². The monoisotopic (exact) mass is 444 g/mol. The molecule has 2 heterocycles. The third kappa shape index (κ3) is 7.31. The van der Waals surface area contributed by atoms with Crippen molar-refractivity contribution in [2.45, 2.75) is 96.8 Å². The van der Waals surface area contributed by atoms with Crippen molar-refractivity contribution in [3.63, 3.8) is 0 Å². The van der Waals surface area contributed by atoms with Gasteiger partial charge in [-0.25, -0.2) is 9.78 Å². The van der Waals surface area contributed by atoms with Crippen LogP contribution in [0.15, 0.2) is 28.1 Å². The molecule has 0 saturated carbocycles. The SMILES string of the molecule is CCCCCCCCC=CCCCCCCCC(=O)n1cnc2c1c(=O)n(C)c(=O)n2C. The molecule has 2 aromatic heterocycles. The second-order valence-electron chi connectivity index (χ2n) is 8.72. The topological polar surface area (TPSA) is 78.9 Å². The summed E-state index contributed by atoms with van der Waals surface area (Å²) in [6.07, 6.45) is 22.1. The van der Waals surface area contributed by atoms with Gasteiger partial charge in [0.2, 0.25) is 5.91 Å². The summed E-state index contributed by atoms with van der Waals surface area (Å²) in [4.78, 5) is 41.1. The van der Waals surface area contributed by atoms with Gasteiger partial charge in [0.1, 0.15) is 6.33 Å². The van der Waals surface area contributed by atoms with Gasteiger partial charge in [0.05, 0.1) is 0 Å². The molecule has 32 heavy (non-hydrogen) atoms. The number of carbonyl (C=O) groups is 1. The molecule has 7 heteroatoms. The minimum absolute atomic E-state index is 0.152. The maximum atomic E-state index is 12.6. The number of carbonyl (C=O) groups excluding carboxylic acids is 1. The number of hydrogen-bond donors (Lipinski definition) is 0. The van der Waals surface area contributed by atoms with E-state index in [4.69, 9.17) is 0 Å². The standard InChI is InChI=1S/C25H40N4O3/c1-4-5-6-7-8-9-10-11-12-13-14-15-16-17-18-19-21(30)29-20-26-23-22(29)24(31)28(3)25(32)27(23)2/h11-12,20H,4-10,13-19H2,1-3H3. The molecule has 0 amide bonds. The van der Waals surface area contributed by atoms with Crippen molar-refractivity contribution >= 4 is 17.1 Å². The van der Waals surface area contributed by atoms with E-state index in [1.165, 1.54) is 80.3 Å². The largest absolute Gasteiger partial charge is 0.332 e. The first-order valence-electron chi connectivity index (χ1n) is 12.3. The first kappa shape index (κ1) is 25.8. The van der Waals surface area contributed by atoms with E-state index in [2.05, 4.69) is 24.1 Å². The van der Waals surface area contributed by atoms with Crippen LogP contribution >= 0.6 is 0 Å². The molecule has 0 radical (unpaired) electrons. The molecule has 0 spiro atoms. The van der Waals surface area contributed by atoms with Gasteiger partial charge in [-0.05, 0) is 32.1 Å². The quantitative estimate of drug-likeness (QED) is 0.282. The zero-order valence-electron chi connectivity index (χ0n) is 20.1. The number of fused-ring (bicyclic) bond motifs is 1. The Morgan fingerprint density at radius 2 is 1.41 bits per heavy atom. The van der Waals surface area contributed by atoms with E-state index >= 15 is 0 Å². The molecule has 0 saturated heterocycles. The summed E-state index contributed by atoms with van der Waals surface area (Å²) >= 11 is 0. The lowest BCUT2D eigenvalue weighted by molar-refractivity contribution is 0.0903. The van der Waals surface area contributed by atoms with Crippen LogP contribution in [0.5, 0.6) is 0 Å². The van der Waals surface area contributed by atoms with Gasteiger partial charge in [0.15, 0.2) is 11.2 Å². The number of imidazole rings is 1. The lowest BCUT2D eigenvalue weighted by Crippen LogP contribution is -2.38. The molecular formula is C25H40N4O3. The summed E-state index contributed by atoms with van der Waals surface area (Å²) < 4.78 is 3.60. The van der Waals surface area contributed by atoms with Crippen molar-refractivity contribution in [2.75, 3.05) is 0 Å². The normalized spacial score (nSPS) is 11.7.